The lowest BCUT2D eigenvalue weighted by molar-refractivity contribution is 0.0702. The van der Waals surface area contributed by atoms with Crippen molar-refractivity contribution in [1.29, 1.82) is 0 Å². The van der Waals surface area contributed by atoms with Gasteiger partial charge in [-0.25, -0.2) is 13.4 Å². The molecule has 0 saturated carbocycles. The number of sulfone groups is 1. The minimum Gasteiger partial charge on any atom is -0.329 e. The molecular formula is C16H22N4O3S2. The van der Waals surface area contributed by atoms with Crippen LogP contribution < -0.4 is 0 Å². The van der Waals surface area contributed by atoms with Crippen LogP contribution in [0.25, 0.3) is 0 Å². The monoisotopic (exact) mass is 382 g/mol. The Bertz CT molecular complexity index is 870. The van der Waals surface area contributed by atoms with Crippen molar-refractivity contribution >= 4 is 27.1 Å². The van der Waals surface area contributed by atoms with Gasteiger partial charge in [-0.15, -0.1) is 11.3 Å². The van der Waals surface area contributed by atoms with Crippen LogP contribution in [0.1, 0.15) is 53.0 Å². The van der Waals surface area contributed by atoms with Crippen molar-refractivity contribution in [1.82, 2.24) is 19.7 Å². The largest absolute Gasteiger partial charge is 0.329 e. The zero-order valence-corrected chi connectivity index (χ0v) is 16.2. The van der Waals surface area contributed by atoms with Crippen LogP contribution >= 0.6 is 11.3 Å². The Balaban J connectivity index is 1.92. The second-order valence-corrected chi connectivity index (χ2v) is 9.77. The van der Waals surface area contributed by atoms with E-state index in [1.54, 1.807) is 22.0 Å². The third-order valence-corrected chi connectivity index (χ3v) is 7.20. The van der Waals surface area contributed by atoms with E-state index in [0.29, 0.717) is 11.4 Å². The van der Waals surface area contributed by atoms with Gasteiger partial charge in [0.15, 0.2) is 9.84 Å². The van der Waals surface area contributed by atoms with E-state index in [1.165, 1.54) is 11.3 Å². The SMILES string of the molecule is CCn1cc([C@@H]2CS(=O)(=O)CCN2C(=O)c2cnc(C(C)C)s2)cn1. The molecule has 7 nitrogen and oxygen atoms in total. The van der Waals surface area contributed by atoms with Crippen molar-refractivity contribution in [3.63, 3.8) is 0 Å². The lowest BCUT2D eigenvalue weighted by Gasteiger charge is -2.34. The molecule has 3 heterocycles. The fourth-order valence-corrected chi connectivity index (χ4v) is 5.22. The lowest BCUT2D eigenvalue weighted by atomic mass is 10.1. The minimum absolute atomic E-state index is 0.00695. The van der Waals surface area contributed by atoms with Gasteiger partial charge in [0.2, 0.25) is 0 Å². The molecule has 0 N–H and O–H groups in total. The lowest BCUT2D eigenvalue weighted by Crippen LogP contribution is -2.45. The van der Waals surface area contributed by atoms with Gasteiger partial charge in [0, 0.05) is 30.8 Å². The topological polar surface area (TPSA) is 85.2 Å². The molecule has 1 atom stereocenters. The molecule has 0 spiro atoms. The molecule has 3 rings (SSSR count). The Morgan fingerprint density at radius 2 is 2.16 bits per heavy atom. The summed E-state index contributed by atoms with van der Waals surface area (Å²) in [7, 11) is -3.18. The maximum Gasteiger partial charge on any atom is 0.266 e. The van der Waals surface area contributed by atoms with Gasteiger partial charge in [-0.1, -0.05) is 13.8 Å². The summed E-state index contributed by atoms with van der Waals surface area (Å²) in [5.41, 5.74) is 0.757. The third kappa shape index (κ3) is 3.77. The first-order valence-corrected chi connectivity index (χ1v) is 10.9. The van der Waals surface area contributed by atoms with Crippen LogP contribution in [0.4, 0.5) is 0 Å². The average Bonchev–Trinajstić information content (AvgIpc) is 3.23. The first-order valence-electron chi connectivity index (χ1n) is 8.30. The van der Waals surface area contributed by atoms with E-state index in [2.05, 4.69) is 10.1 Å². The summed E-state index contributed by atoms with van der Waals surface area (Å²) in [6, 6.07) is -0.504. The molecule has 1 aliphatic heterocycles. The molecule has 2 aromatic heterocycles. The Morgan fingerprint density at radius 1 is 1.40 bits per heavy atom. The molecule has 0 bridgehead atoms. The van der Waals surface area contributed by atoms with Crippen LogP contribution in [-0.4, -0.2) is 52.0 Å². The molecule has 0 aromatic carbocycles. The number of amides is 1. The molecule has 1 amide bonds. The number of aryl methyl sites for hydroxylation is 1. The Labute approximate surface area is 151 Å². The van der Waals surface area contributed by atoms with E-state index in [4.69, 9.17) is 0 Å². The highest BCUT2D eigenvalue weighted by Gasteiger charge is 2.36. The third-order valence-electron chi connectivity index (χ3n) is 4.28. The molecule has 1 fully saturated rings. The predicted molar refractivity (Wildman–Crippen MR) is 96.5 cm³/mol. The summed E-state index contributed by atoms with van der Waals surface area (Å²) >= 11 is 1.38. The first-order chi connectivity index (χ1) is 11.8. The average molecular weight is 383 g/mol. The number of hydrogen-bond donors (Lipinski definition) is 0. The summed E-state index contributed by atoms with van der Waals surface area (Å²) in [5.74, 6) is 0.0252. The van der Waals surface area contributed by atoms with Gasteiger partial charge in [-0.05, 0) is 6.92 Å². The van der Waals surface area contributed by atoms with E-state index in [-0.39, 0.29) is 29.9 Å². The van der Waals surface area contributed by atoms with Crippen LogP contribution in [0.5, 0.6) is 0 Å². The summed E-state index contributed by atoms with van der Waals surface area (Å²) in [6.07, 6.45) is 5.07. The van der Waals surface area contributed by atoms with Crippen LogP contribution in [0.3, 0.4) is 0 Å². The Kier molecular flexibility index (Phi) is 4.97. The van der Waals surface area contributed by atoms with Gasteiger partial charge in [-0.2, -0.15) is 5.10 Å². The molecule has 0 radical (unpaired) electrons. The molecule has 0 unspecified atom stereocenters. The van der Waals surface area contributed by atoms with Crippen molar-refractivity contribution in [3.05, 3.63) is 34.0 Å². The van der Waals surface area contributed by atoms with Crippen molar-refractivity contribution in [2.75, 3.05) is 18.1 Å². The highest BCUT2D eigenvalue weighted by molar-refractivity contribution is 7.91. The maximum atomic E-state index is 13.0. The van der Waals surface area contributed by atoms with Gasteiger partial charge in [0.25, 0.3) is 5.91 Å². The molecule has 9 heteroatoms. The smallest absolute Gasteiger partial charge is 0.266 e. The van der Waals surface area contributed by atoms with Gasteiger partial charge in [0.05, 0.1) is 34.9 Å². The number of nitrogens with zero attached hydrogens (tertiary/aromatic N) is 4. The number of thiazole rings is 1. The summed E-state index contributed by atoms with van der Waals surface area (Å²) < 4.78 is 26.0. The fourth-order valence-electron chi connectivity index (χ4n) is 2.85. The highest BCUT2D eigenvalue weighted by atomic mass is 32.2. The number of hydrogen-bond acceptors (Lipinski definition) is 6. The van der Waals surface area contributed by atoms with E-state index in [9.17, 15) is 13.2 Å². The maximum absolute atomic E-state index is 13.0. The van der Waals surface area contributed by atoms with Gasteiger partial charge < -0.3 is 4.90 Å². The Morgan fingerprint density at radius 3 is 2.76 bits per heavy atom. The van der Waals surface area contributed by atoms with E-state index in [0.717, 1.165) is 10.6 Å². The Hall–Kier alpha value is -1.74. The molecule has 2 aromatic rings. The van der Waals surface area contributed by atoms with Gasteiger partial charge in [-0.3, -0.25) is 9.48 Å². The van der Waals surface area contributed by atoms with Gasteiger partial charge in [0.1, 0.15) is 4.88 Å². The quantitative estimate of drug-likeness (QED) is 0.808. The van der Waals surface area contributed by atoms with E-state index in [1.807, 2.05) is 27.0 Å². The minimum atomic E-state index is -3.18. The van der Waals surface area contributed by atoms with Gasteiger partial charge >= 0.3 is 0 Å². The molecule has 25 heavy (non-hydrogen) atoms. The number of carbonyl (C=O) groups excluding carboxylic acids is 1. The summed E-state index contributed by atoms with van der Waals surface area (Å²) in [5, 5.41) is 5.13. The van der Waals surface area contributed by atoms with E-state index < -0.39 is 15.9 Å². The number of rotatable bonds is 4. The van der Waals surface area contributed by atoms with Crippen molar-refractivity contribution in [2.45, 2.75) is 39.3 Å². The molecule has 1 aliphatic rings. The second kappa shape index (κ2) is 6.87. The summed E-state index contributed by atoms with van der Waals surface area (Å²) in [4.78, 5) is 19.5. The predicted octanol–water partition coefficient (Wildman–Crippen LogP) is 2.09. The standard InChI is InChI=1S/C16H22N4O3S2/c1-4-19-9-12(7-18-19)13-10-25(22,23)6-5-20(13)16(21)14-8-17-15(24-14)11(2)3/h7-9,11,13H,4-6,10H2,1-3H3/t13-/m0/s1. The van der Waals surface area contributed by atoms with Crippen LogP contribution in [0.15, 0.2) is 18.6 Å². The molecule has 0 aliphatic carbocycles. The first kappa shape index (κ1) is 18.1. The van der Waals surface area contributed by atoms with Crippen LogP contribution in [0, 0.1) is 0 Å². The number of aromatic nitrogens is 3. The van der Waals surface area contributed by atoms with Crippen molar-refractivity contribution in [3.8, 4) is 0 Å². The van der Waals surface area contributed by atoms with Crippen molar-refractivity contribution < 1.29 is 13.2 Å². The summed E-state index contributed by atoms with van der Waals surface area (Å²) in [6.45, 7) is 6.91. The highest BCUT2D eigenvalue weighted by Crippen LogP contribution is 2.30. The van der Waals surface area contributed by atoms with Crippen LogP contribution in [-0.2, 0) is 16.4 Å². The fraction of sp³-hybridized carbons (Fsp3) is 0.562. The zero-order valence-electron chi connectivity index (χ0n) is 14.5. The van der Waals surface area contributed by atoms with Crippen molar-refractivity contribution in [2.24, 2.45) is 0 Å². The second-order valence-electron chi connectivity index (χ2n) is 6.48. The van der Waals surface area contributed by atoms with E-state index >= 15 is 0 Å². The molecule has 136 valence electrons. The molecule has 1 saturated heterocycles. The zero-order chi connectivity index (χ0) is 18.2. The molecular weight excluding hydrogens is 360 g/mol. The number of carbonyl (C=O) groups is 1. The van der Waals surface area contributed by atoms with Crippen LogP contribution in [0.2, 0.25) is 0 Å². The normalized spacial score (nSPS) is 20.2.